The molecule has 0 aliphatic heterocycles. The fourth-order valence-electron chi connectivity index (χ4n) is 4.02. The summed E-state index contributed by atoms with van der Waals surface area (Å²) < 4.78 is 4.64. The molecule has 0 radical (unpaired) electrons. The molecule has 6 heteroatoms. The number of hydrogen-bond acceptors (Lipinski definition) is 3. The molecule has 0 aliphatic carbocycles. The van der Waals surface area contributed by atoms with Crippen molar-refractivity contribution in [3.05, 3.63) is 129 Å². The highest BCUT2D eigenvalue weighted by Crippen LogP contribution is 2.15. The van der Waals surface area contributed by atoms with Crippen molar-refractivity contribution in [2.45, 2.75) is 20.0 Å². The molecule has 5 aromatic rings. The number of para-hydroxylation sites is 1. The first-order valence-corrected chi connectivity index (χ1v) is 10.5. The predicted molar refractivity (Wildman–Crippen MR) is 125 cm³/mol. The number of imidazole rings is 1. The fourth-order valence-corrected chi connectivity index (χ4v) is 4.02. The number of aromatic nitrogens is 4. The Morgan fingerprint density at radius 1 is 0.781 bits per heavy atom. The summed E-state index contributed by atoms with van der Waals surface area (Å²) in [5, 5.41) is 0. The van der Waals surface area contributed by atoms with E-state index in [0.717, 1.165) is 16.7 Å². The van der Waals surface area contributed by atoms with Crippen LogP contribution in [-0.4, -0.2) is 18.7 Å². The highest BCUT2D eigenvalue weighted by Gasteiger charge is 2.19. The van der Waals surface area contributed by atoms with E-state index >= 15 is 0 Å². The Hall–Kier alpha value is -4.19. The monoisotopic (exact) mass is 422 g/mol. The number of benzene rings is 3. The topological polar surface area (TPSA) is 61.8 Å². The van der Waals surface area contributed by atoms with Gasteiger partial charge in [0.1, 0.15) is 0 Å². The summed E-state index contributed by atoms with van der Waals surface area (Å²) in [6, 6.07) is 27.0. The average molecular weight is 422 g/mol. The van der Waals surface area contributed by atoms with Crippen LogP contribution >= 0.6 is 0 Å². The van der Waals surface area contributed by atoms with Gasteiger partial charge >= 0.3 is 5.69 Å². The molecule has 2 aromatic heterocycles. The zero-order chi connectivity index (χ0) is 22.1. The Balaban J connectivity index is 1.76. The minimum absolute atomic E-state index is 0.191. The van der Waals surface area contributed by atoms with Gasteiger partial charge in [-0.15, -0.1) is 0 Å². The average Bonchev–Trinajstić information content (AvgIpc) is 3.21. The van der Waals surface area contributed by atoms with Gasteiger partial charge in [-0.2, -0.15) is 0 Å². The third-order valence-electron chi connectivity index (χ3n) is 5.53. The van der Waals surface area contributed by atoms with E-state index in [1.807, 2.05) is 90.4 Å². The predicted octanol–water partition coefficient (Wildman–Crippen LogP) is 3.75. The van der Waals surface area contributed by atoms with Crippen LogP contribution in [0.3, 0.4) is 0 Å². The molecule has 0 N–H and O–H groups in total. The van der Waals surface area contributed by atoms with E-state index in [-0.39, 0.29) is 12.1 Å². The molecule has 5 rings (SSSR count). The Morgan fingerprint density at radius 2 is 1.47 bits per heavy atom. The van der Waals surface area contributed by atoms with Gasteiger partial charge in [-0.05, 0) is 30.2 Å². The zero-order valence-electron chi connectivity index (χ0n) is 17.7. The molecule has 158 valence electrons. The van der Waals surface area contributed by atoms with Crippen LogP contribution in [0.1, 0.15) is 16.7 Å². The number of hydrogen-bond donors (Lipinski definition) is 0. The highest BCUT2D eigenvalue weighted by molar-refractivity contribution is 5.72. The number of nitrogens with zero attached hydrogens (tertiary/aromatic N) is 4. The van der Waals surface area contributed by atoms with Crippen LogP contribution in [0.4, 0.5) is 0 Å². The second kappa shape index (κ2) is 8.15. The van der Waals surface area contributed by atoms with E-state index in [4.69, 9.17) is 0 Å². The van der Waals surface area contributed by atoms with E-state index in [1.54, 1.807) is 6.33 Å². The first-order valence-electron chi connectivity index (χ1n) is 10.5. The maximum absolute atomic E-state index is 13.6. The summed E-state index contributed by atoms with van der Waals surface area (Å²) in [5.74, 6) is 0. The van der Waals surface area contributed by atoms with Crippen molar-refractivity contribution >= 4 is 11.2 Å². The van der Waals surface area contributed by atoms with Crippen molar-refractivity contribution in [3.63, 3.8) is 0 Å². The molecule has 0 saturated carbocycles. The largest absolute Gasteiger partial charge is 0.337 e. The van der Waals surface area contributed by atoms with Gasteiger partial charge in [-0.1, -0.05) is 78.4 Å². The van der Waals surface area contributed by atoms with Crippen molar-refractivity contribution in [2.24, 2.45) is 0 Å². The molecule has 0 spiro atoms. The van der Waals surface area contributed by atoms with Gasteiger partial charge in [0.05, 0.1) is 18.6 Å². The Kier molecular flexibility index (Phi) is 5.03. The molecule has 0 atom stereocenters. The molecule has 0 amide bonds. The molecule has 6 nitrogen and oxygen atoms in total. The molecule has 0 unspecified atom stereocenters. The molecule has 0 fully saturated rings. The summed E-state index contributed by atoms with van der Waals surface area (Å²) in [5.41, 5.74) is 3.80. The first-order chi connectivity index (χ1) is 15.6. The minimum atomic E-state index is -0.404. The van der Waals surface area contributed by atoms with E-state index in [2.05, 4.69) is 11.1 Å². The minimum Gasteiger partial charge on any atom is -0.320 e. The standard InChI is InChI=1S/C26H22N4O2/c1-19-9-8-12-21(15-19)16-28-18-27-24-23(28)25(31)29(17-20-10-4-2-5-11-20)26(32)30(24)22-13-6-3-7-14-22/h2-15,18H,16-17H2,1H3. The van der Waals surface area contributed by atoms with Crippen LogP contribution in [0.5, 0.6) is 0 Å². The highest BCUT2D eigenvalue weighted by atomic mass is 16.2. The van der Waals surface area contributed by atoms with E-state index in [9.17, 15) is 9.59 Å². The summed E-state index contributed by atoms with van der Waals surface area (Å²) in [6.07, 6.45) is 1.64. The van der Waals surface area contributed by atoms with Crippen molar-refractivity contribution < 1.29 is 0 Å². The van der Waals surface area contributed by atoms with Crippen LogP contribution in [0, 0.1) is 6.92 Å². The molecule has 2 heterocycles. The quantitative estimate of drug-likeness (QED) is 0.433. The zero-order valence-corrected chi connectivity index (χ0v) is 17.7. The van der Waals surface area contributed by atoms with Gasteiger partial charge in [-0.3, -0.25) is 9.36 Å². The Labute approximate surface area is 184 Å². The maximum atomic E-state index is 13.6. The Bertz CT molecular complexity index is 1510. The van der Waals surface area contributed by atoms with Crippen molar-refractivity contribution in [1.82, 2.24) is 18.7 Å². The third kappa shape index (κ3) is 3.56. The summed E-state index contributed by atoms with van der Waals surface area (Å²) in [7, 11) is 0. The lowest BCUT2D eigenvalue weighted by atomic mass is 10.1. The van der Waals surface area contributed by atoms with Gasteiger partial charge in [-0.25, -0.2) is 14.3 Å². The van der Waals surface area contributed by atoms with E-state index < -0.39 is 5.69 Å². The number of rotatable bonds is 5. The fraction of sp³-hybridized carbons (Fsp3) is 0.115. The van der Waals surface area contributed by atoms with Gasteiger partial charge < -0.3 is 4.57 Å². The normalized spacial score (nSPS) is 11.2. The van der Waals surface area contributed by atoms with Gasteiger partial charge in [0.15, 0.2) is 11.2 Å². The van der Waals surface area contributed by atoms with E-state index in [1.165, 1.54) is 9.13 Å². The second-order valence-electron chi connectivity index (χ2n) is 7.86. The van der Waals surface area contributed by atoms with Crippen molar-refractivity contribution in [2.75, 3.05) is 0 Å². The molecule has 32 heavy (non-hydrogen) atoms. The smallest absolute Gasteiger partial charge is 0.320 e. The molecule has 0 saturated heterocycles. The SMILES string of the molecule is Cc1cccc(Cn2cnc3c2c(=O)n(Cc2ccccc2)c(=O)n3-c2ccccc2)c1. The van der Waals surface area contributed by atoms with Gasteiger partial charge in [0.2, 0.25) is 0 Å². The number of aryl methyl sites for hydroxylation is 1. The lowest BCUT2D eigenvalue weighted by molar-refractivity contribution is 0.677. The van der Waals surface area contributed by atoms with Gasteiger partial charge in [0, 0.05) is 6.54 Å². The van der Waals surface area contributed by atoms with Crippen LogP contribution < -0.4 is 11.2 Å². The summed E-state index contributed by atoms with van der Waals surface area (Å²) in [4.78, 5) is 31.6. The molecular formula is C26H22N4O2. The summed E-state index contributed by atoms with van der Waals surface area (Å²) >= 11 is 0. The van der Waals surface area contributed by atoms with E-state index in [0.29, 0.717) is 23.4 Å². The van der Waals surface area contributed by atoms with Gasteiger partial charge in [0.25, 0.3) is 5.56 Å². The summed E-state index contributed by atoms with van der Waals surface area (Å²) in [6.45, 7) is 2.72. The number of fused-ring (bicyclic) bond motifs is 1. The molecular weight excluding hydrogens is 400 g/mol. The second-order valence-corrected chi connectivity index (χ2v) is 7.86. The Morgan fingerprint density at radius 3 is 2.19 bits per heavy atom. The van der Waals surface area contributed by atoms with Crippen molar-refractivity contribution in [3.8, 4) is 5.69 Å². The van der Waals surface area contributed by atoms with Crippen LogP contribution in [0.15, 0.2) is 101 Å². The van der Waals surface area contributed by atoms with Crippen LogP contribution in [0.25, 0.3) is 16.9 Å². The lowest BCUT2D eigenvalue weighted by Crippen LogP contribution is -2.40. The third-order valence-corrected chi connectivity index (χ3v) is 5.53. The first kappa shape index (κ1) is 19.8. The molecule has 0 aliphatic rings. The lowest BCUT2D eigenvalue weighted by Gasteiger charge is -2.13. The molecule has 0 bridgehead atoms. The van der Waals surface area contributed by atoms with Crippen molar-refractivity contribution in [1.29, 1.82) is 0 Å². The van der Waals surface area contributed by atoms with Crippen LogP contribution in [0.2, 0.25) is 0 Å². The molecule has 3 aromatic carbocycles. The van der Waals surface area contributed by atoms with Crippen LogP contribution in [-0.2, 0) is 13.1 Å². The maximum Gasteiger partial charge on any atom is 0.337 e.